The summed E-state index contributed by atoms with van der Waals surface area (Å²) in [7, 11) is 0. The second-order valence-electron chi connectivity index (χ2n) is 7.46. The first-order valence-corrected chi connectivity index (χ1v) is 9.76. The molecule has 2 aliphatic heterocycles. The van der Waals surface area contributed by atoms with Crippen molar-refractivity contribution in [2.45, 2.75) is 44.2 Å². The van der Waals surface area contributed by atoms with Gasteiger partial charge in [-0.3, -0.25) is 4.90 Å². The number of benzene rings is 1. The quantitative estimate of drug-likeness (QED) is 0.898. The van der Waals surface area contributed by atoms with Crippen LogP contribution in [0, 0.1) is 0 Å². The Labute approximate surface area is 150 Å². The van der Waals surface area contributed by atoms with E-state index in [0.29, 0.717) is 6.04 Å². The number of piperidine rings is 1. The maximum absolute atomic E-state index is 12.7. The minimum atomic E-state index is 0.113. The average molecular weight is 343 g/mol. The van der Waals surface area contributed by atoms with E-state index in [-0.39, 0.29) is 12.1 Å². The topological polar surface area (TPSA) is 44.8 Å². The fourth-order valence-corrected chi connectivity index (χ4v) is 4.52. The van der Waals surface area contributed by atoms with Crippen molar-refractivity contribution in [3.05, 3.63) is 35.4 Å². The highest BCUT2D eigenvalue weighted by Crippen LogP contribution is 2.29. The van der Waals surface area contributed by atoms with E-state index in [1.807, 2.05) is 4.90 Å². The lowest BCUT2D eigenvalue weighted by Crippen LogP contribution is -2.52. The van der Waals surface area contributed by atoms with Crippen LogP contribution in [0.2, 0.25) is 0 Å². The first-order chi connectivity index (χ1) is 12.3. The minimum Gasteiger partial charge on any atom is -0.379 e. The predicted octanol–water partition coefficient (Wildman–Crippen LogP) is 2.57. The van der Waals surface area contributed by atoms with Gasteiger partial charge in [-0.25, -0.2) is 4.79 Å². The Morgan fingerprint density at radius 2 is 1.80 bits per heavy atom. The van der Waals surface area contributed by atoms with Gasteiger partial charge in [-0.05, 0) is 43.2 Å². The van der Waals surface area contributed by atoms with Crippen LogP contribution in [0.15, 0.2) is 24.3 Å². The zero-order chi connectivity index (χ0) is 17.1. The van der Waals surface area contributed by atoms with Crippen molar-refractivity contribution in [1.29, 1.82) is 0 Å². The van der Waals surface area contributed by atoms with Gasteiger partial charge in [0.2, 0.25) is 0 Å². The van der Waals surface area contributed by atoms with E-state index in [1.165, 1.54) is 11.1 Å². The van der Waals surface area contributed by atoms with Gasteiger partial charge in [-0.2, -0.15) is 0 Å². The van der Waals surface area contributed by atoms with Crippen LogP contribution in [0.3, 0.4) is 0 Å². The van der Waals surface area contributed by atoms with Gasteiger partial charge in [0.1, 0.15) is 0 Å². The van der Waals surface area contributed by atoms with Gasteiger partial charge in [0.25, 0.3) is 0 Å². The zero-order valence-electron chi connectivity index (χ0n) is 15.0. The monoisotopic (exact) mass is 343 g/mol. The van der Waals surface area contributed by atoms with Crippen LogP contribution in [0.1, 0.15) is 42.9 Å². The number of likely N-dealkylation sites (tertiary alicyclic amines) is 1. The molecule has 2 saturated heterocycles. The number of morpholine rings is 1. The summed E-state index contributed by atoms with van der Waals surface area (Å²) in [6, 6.07) is 9.45. The molecule has 1 atom stereocenters. The molecule has 0 aromatic heterocycles. The largest absolute Gasteiger partial charge is 0.379 e. The van der Waals surface area contributed by atoms with Crippen molar-refractivity contribution in [1.82, 2.24) is 15.1 Å². The van der Waals surface area contributed by atoms with Gasteiger partial charge in [-0.1, -0.05) is 24.3 Å². The number of nitrogens with one attached hydrogen (secondary N) is 1. The second-order valence-corrected chi connectivity index (χ2v) is 7.46. The second kappa shape index (κ2) is 7.75. The molecule has 0 radical (unpaired) electrons. The summed E-state index contributed by atoms with van der Waals surface area (Å²) in [5.74, 6) is 0. The molecule has 0 bridgehead atoms. The van der Waals surface area contributed by atoms with Crippen molar-refractivity contribution in [2.24, 2.45) is 0 Å². The van der Waals surface area contributed by atoms with Gasteiger partial charge in [0, 0.05) is 32.2 Å². The number of urea groups is 1. The molecule has 5 heteroatoms. The third-order valence-corrected chi connectivity index (χ3v) is 5.98. The van der Waals surface area contributed by atoms with Crippen molar-refractivity contribution >= 4 is 6.03 Å². The molecule has 4 rings (SSSR count). The van der Waals surface area contributed by atoms with E-state index in [1.54, 1.807) is 0 Å². The van der Waals surface area contributed by atoms with Crippen LogP contribution in [-0.4, -0.2) is 61.3 Å². The van der Waals surface area contributed by atoms with Crippen LogP contribution in [0.5, 0.6) is 0 Å². The van der Waals surface area contributed by atoms with Gasteiger partial charge in [-0.15, -0.1) is 0 Å². The van der Waals surface area contributed by atoms with Crippen LogP contribution in [0.4, 0.5) is 4.79 Å². The van der Waals surface area contributed by atoms with Gasteiger partial charge in [0.15, 0.2) is 0 Å². The molecule has 1 aliphatic carbocycles. The molecule has 1 unspecified atom stereocenters. The number of carbonyl (C=O) groups is 1. The fraction of sp³-hybridized carbons (Fsp3) is 0.650. The summed E-state index contributed by atoms with van der Waals surface area (Å²) in [4.78, 5) is 17.3. The van der Waals surface area contributed by atoms with Crippen molar-refractivity contribution in [3.8, 4) is 0 Å². The fourth-order valence-electron chi connectivity index (χ4n) is 4.52. The normalized spacial score (nSPS) is 25.4. The summed E-state index contributed by atoms with van der Waals surface area (Å²) < 4.78 is 5.45. The highest BCUT2D eigenvalue weighted by molar-refractivity contribution is 5.75. The standard InChI is InChI=1S/C20H29N3O2/c24-20(21-19-7-3-5-16-4-1-2-6-18(16)19)23-10-8-17(9-11-23)22-12-14-25-15-13-22/h1-2,4,6,17,19H,3,5,7-15H2,(H,21,24). The minimum absolute atomic E-state index is 0.113. The molecule has 1 N–H and O–H groups in total. The molecule has 1 aromatic carbocycles. The molecular weight excluding hydrogens is 314 g/mol. The Hall–Kier alpha value is -1.59. The Morgan fingerprint density at radius 1 is 1.04 bits per heavy atom. The van der Waals surface area contributed by atoms with Crippen molar-refractivity contribution in [3.63, 3.8) is 0 Å². The Bertz CT molecular complexity index is 592. The average Bonchev–Trinajstić information content (AvgIpc) is 2.69. The Morgan fingerprint density at radius 3 is 2.60 bits per heavy atom. The van der Waals surface area contributed by atoms with E-state index in [9.17, 15) is 4.79 Å². The van der Waals surface area contributed by atoms with E-state index in [2.05, 4.69) is 34.5 Å². The maximum atomic E-state index is 12.7. The Kier molecular flexibility index (Phi) is 5.22. The van der Waals surface area contributed by atoms with Gasteiger partial charge < -0.3 is 15.0 Å². The third kappa shape index (κ3) is 3.82. The molecule has 0 saturated carbocycles. The van der Waals surface area contributed by atoms with Crippen LogP contribution < -0.4 is 5.32 Å². The highest BCUT2D eigenvalue weighted by atomic mass is 16.5. The van der Waals surface area contributed by atoms with E-state index in [0.717, 1.165) is 71.5 Å². The van der Waals surface area contributed by atoms with Crippen LogP contribution in [-0.2, 0) is 11.2 Å². The molecule has 3 aliphatic rings. The SMILES string of the molecule is O=C(NC1CCCc2ccccc21)N1CCC(N2CCOCC2)CC1. The molecule has 25 heavy (non-hydrogen) atoms. The molecule has 2 fully saturated rings. The molecule has 136 valence electrons. The smallest absolute Gasteiger partial charge is 0.317 e. The first kappa shape index (κ1) is 16.9. The maximum Gasteiger partial charge on any atom is 0.317 e. The lowest BCUT2D eigenvalue weighted by Gasteiger charge is -2.40. The van der Waals surface area contributed by atoms with Crippen LogP contribution >= 0.6 is 0 Å². The summed E-state index contributed by atoms with van der Waals surface area (Å²) in [5, 5.41) is 3.29. The summed E-state index contributed by atoms with van der Waals surface area (Å²) >= 11 is 0. The number of fused-ring (bicyclic) bond motifs is 1. The molecule has 0 spiro atoms. The Balaban J connectivity index is 1.31. The van der Waals surface area contributed by atoms with Gasteiger partial charge in [0.05, 0.1) is 19.3 Å². The first-order valence-electron chi connectivity index (χ1n) is 9.76. The summed E-state index contributed by atoms with van der Waals surface area (Å²) in [6.07, 6.45) is 5.49. The van der Waals surface area contributed by atoms with Crippen molar-refractivity contribution < 1.29 is 9.53 Å². The number of ether oxygens (including phenoxy) is 1. The van der Waals surface area contributed by atoms with E-state index < -0.39 is 0 Å². The highest BCUT2D eigenvalue weighted by Gasteiger charge is 2.29. The van der Waals surface area contributed by atoms with E-state index in [4.69, 9.17) is 4.74 Å². The van der Waals surface area contributed by atoms with Crippen LogP contribution in [0.25, 0.3) is 0 Å². The molecule has 5 nitrogen and oxygen atoms in total. The van der Waals surface area contributed by atoms with Gasteiger partial charge >= 0.3 is 6.03 Å². The zero-order valence-corrected chi connectivity index (χ0v) is 15.0. The number of carbonyl (C=O) groups excluding carboxylic acids is 1. The number of hydrogen-bond acceptors (Lipinski definition) is 3. The number of aryl methyl sites for hydroxylation is 1. The lowest BCUT2D eigenvalue weighted by molar-refractivity contribution is 0.00371. The van der Waals surface area contributed by atoms with Crippen molar-refractivity contribution in [2.75, 3.05) is 39.4 Å². The third-order valence-electron chi connectivity index (χ3n) is 5.98. The molecule has 2 amide bonds. The predicted molar refractivity (Wildman–Crippen MR) is 97.6 cm³/mol. The number of nitrogens with zero attached hydrogens (tertiary/aromatic N) is 2. The molecular formula is C20H29N3O2. The summed E-state index contributed by atoms with van der Waals surface area (Å²) in [5.41, 5.74) is 2.70. The number of rotatable bonds is 2. The number of amides is 2. The molecule has 2 heterocycles. The lowest BCUT2D eigenvalue weighted by atomic mass is 9.88. The molecule has 1 aromatic rings. The number of hydrogen-bond donors (Lipinski definition) is 1. The van der Waals surface area contributed by atoms with E-state index >= 15 is 0 Å². The summed E-state index contributed by atoms with van der Waals surface area (Å²) in [6.45, 7) is 5.50.